The van der Waals surface area contributed by atoms with E-state index in [0.717, 1.165) is 6.42 Å². The second-order valence-electron chi connectivity index (χ2n) is 9.83. The summed E-state index contributed by atoms with van der Waals surface area (Å²) in [5, 5.41) is 5.62. The molecule has 0 aromatic heterocycles. The Balaban J connectivity index is 0.00000133. The molecule has 2 aliphatic carbocycles. The van der Waals surface area contributed by atoms with Crippen LogP contribution in [0.25, 0.3) is 38.7 Å². The maximum Gasteiger partial charge on any atom is -1.00 e. The van der Waals surface area contributed by atoms with Crippen LogP contribution in [0.15, 0.2) is 97.1 Å². The molecular formula is C33H26Cl2Zr. The Morgan fingerprint density at radius 3 is 2.03 bits per heavy atom. The van der Waals surface area contributed by atoms with E-state index < -0.39 is 21.3 Å². The Labute approximate surface area is 233 Å². The Kier molecular flexibility index (Phi) is 6.95. The molecule has 0 saturated heterocycles. The summed E-state index contributed by atoms with van der Waals surface area (Å²) in [5.74, 6) is 0. The molecule has 0 nitrogen and oxygen atoms in total. The average Bonchev–Trinajstić information content (AvgIpc) is 3.47. The number of hydrogen-bond acceptors (Lipinski definition) is 0. The first-order valence-corrected chi connectivity index (χ1v) is 16.1. The first kappa shape index (κ1) is 25.3. The standard InChI is InChI=1S/C17H11.C13H9.C3H6.2ClH.Zr/c1-3-8-14-12(6-1)13-7-2-4-9-15(13)17-11-5-10-16(14)17;1-3-7-12-10(5-1)9-11-6-2-4-8-13(11)12;1-3-2;;;/h1-11H;1-5,7-8H,9H2;1-2H3;2*1H;/q;;;;;+2/p-2. The smallest absolute Gasteiger partial charge is 1.00 e. The molecule has 3 heteroatoms. The SMILES string of the molecule is C[C](C)=[Zr+2]([c]1cccc2c1Cc1ccccc1-2)[CH]1C=Cc2c1c1ccccc1c1ccccc21.[Cl-].[Cl-]. The van der Waals surface area contributed by atoms with Crippen LogP contribution in [0.3, 0.4) is 0 Å². The number of hydrogen-bond donors (Lipinski definition) is 0. The molecule has 0 saturated carbocycles. The van der Waals surface area contributed by atoms with E-state index in [9.17, 15) is 0 Å². The van der Waals surface area contributed by atoms with Crippen molar-refractivity contribution in [3.63, 3.8) is 0 Å². The summed E-state index contributed by atoms with van der Waals surface area (Å²) in [5.41, 5.74) is 9.03. The number of allylic oxidation sites excluding steroid dienone is 1. The van der Waals surface area contributed by atoms with Gasteiger partial charge < -0.3 is 24.8 Å². The van der Waals surface area contributed by atoms with Gasteiger partial charge in [0.1, 0.15) is 0 Å². The van der Waals surface area contributed by atoms with E-state index in [2.05, 4.69) is 117 Å². The van der Waals surface area contributed by atoms with Crippen molar-refractivity contribution in [2.24, 2.45) is 0 Å². The fourth-order valence-electron chi connectivity index (χ4n) is 6.40. The summed E-state index contributed by atoms with van der Waals surface area (Å²) in [7, 11) is 0. The molecule has 1 unspecified atom stereocenters. The van der Waals surface area contributed by atoms with E-state index in [1.165, 1.54) is 43.8 Å². The van der Waals surface area contributed by atoms with Crippen molar-refractivity contribution in [3.8, 4) is 11.1 Å². The molecule has 1 atom stereocenters. The summed E-state index contributed by atoms with van der Waals surface area (Å²) < 4.78 is 3.90. The molecule has 0 radical (unpaired) electrons. The first-order valence-electron chi connectivity index (χ1n) is 12.2. The zero-order valence-corrected chi connectivity index (χ0v) is 24.3. The van der Waals surface area contributed by atoms with Crippen molar-refractivity contribution >= 4 is 34.1 Å². The molecule has 0 bridgehead atoms. The number of fused-ring (bicyclic) bond motifs is 9. The third-order valence-electron chi connectivity index (χ3n) is 7.77. The van der Waals surface area contributed by atoms with Crippen molar-refractivity contribution in [1.82, 2.24) is 0 Å². The van der Waals surface area contributed by atoms with E-state index in [4.69, 9.17) is 0 Å². The number of halogens is 2. The third kappa shape index (κ3) is 3.71. The summed E-state index contributed by atoms with van der Waals surface area (Å²) in [6.07, 6.45) is 6.09. The molecule has 0 spiro atoms. The van der Waals surface area contributed by atoms with Crippen LogP contribution in [0.2, 0.25) is 0 Å². The van der Waals surface area contributed by atoms with Crippen molar-refractivity contribution in [2.45, 2.75) is 23.9 Å². The van der Waals surface area contributed by atoms with Crippen molar-refractivity contribution < 1.29 is 46.1 Å². The minimum atomic E-state index is -2.26. The fourth-order valence-corrected chi connectivity index (χ4v) is 14.3. The fraction of sp³-hybridized carbons (Fsp3) is 0.121. The van der Waals surface area contributed by atoms with Gasteiger partial charge in [0, 0.05) is 0 Å². The number of rotatable bonds is 2. The largest absolute Gasteiger partial charge is 1.00 e. The van der Waals surface area contributed by atoms with Gasteiger partial charge in [-0.2, -0.15) is 0 Å². The summed E-state index contributed by atoms with van der Waals surface area (Å²) >= 11 is -2.26. The Morgan fingerprint density at radius 1 is 0.667 bits per heavy atom. The van der Waals surface area contributed by atoms with Gasteiger partial charge in [-0.3, -0.25) is 0 Å². The molecule has 0 aliphatic heterocycles. The van der Waals surface area contributed by atoms with Gasteiger partial charge in [-0.25, -0.2) is 0 Å². The molecule has 2 aliphatic rings. The number of benzene rings is 5. The van der Waals surface area contributed by atoms with Gasteiger partial charge in [-0.15, -0.1) is 0 Å². The predicted molar refractivity (Wildman–Crippen MR) is 144 cm³/mol. The van der Waals surface area contributed by atoms with E-state index in [0.29, 0.717) is 3.63 Å². The van der Waals surface area contributed by atoms with Gasteiger partial charge in [0.25, 0.3) is 0 Å². The normalized spacial score (nSPS) is 14.3. The minimum absolute atomic E-state index is 0. The molecule has 0 N–H and O–H groups in total. The predicted octanol–water partition coefficient (Wildman–Crippen LogP) is 1.80. The maximum atomic E-state index is 2.56. The van der Waals surface area contributed by atoms with Gasteiger partial charge in [0.05, 0.1) is 0 Å². The van der Waals surface area contributed by atoms with Crippen LogP contribution in [0.1, 0.15) is 39.7 Å². The second kappa shape index (κ2) is 9.87. The summed E-state index contributed by atoms with van der Waals surface area (Å²) in [6.45, 7) is 4.82. The molecule has 5 aromatic rings. The van der Waals surface area contributed by atoms with Gasteiger partial charge in [-0.05, 0) is 0 Å². The summed E-state index contributed by atoms with van der Waals surface area (Å²) in [4.78, 5) is 0. The topological polar surface area (TPSA) is 0 Å². The zero-order valence-electron chi connectivity index (χ0n) is 20.4. The van der Waals surface area contributed by atoms with Crippen LogP contribution < -0.4 is 28.1 Å². The van der Waals surface area contributed by atoms with Crippen LogP contribution >= 0.6 is 0 Å². The van der Waals surface area contributed by atoms with Crippen LogP contribution in [0.5, 0.6) is 0 Å². The van der Waals surface area contributed by atoms with E-state index >= 15 is 0 Å². The van der Waals surface area contributed by atoms with Gasteiger partial charge in [0.15, 0.2) is 0 Å². The van der Waals surface area contributed by atoms with Crippen molar-refractivity contribution in [2.75, 3.05) is 0 Å². The molecule has 36 heavy (non-hydrogen) atoms. The van der Waals surface area contributed by atoms with Crippen molar-refractivity contribution in [1.29, 1.82) is 0 Å². The molecule has 5 aromatic carbocycles. The Hall–Kier alpha value is -2.31. The first-order chi connectivity index (χ1) is 16.7. The van der Waals surface area contributed by atoms with Crippen LogP contribution in [0, 0.1) is 0 Å². The monoisotopic (exact) mass is 582 g/mol. The quantitative estimate of drug-likeness (QED) is 0.273. The molecular weight excluding hydrogens is 558 g/mol. The van der Waals surface area contributed by atoms with E-state index in [1.807, 2.05) is 0 Å². The minimum Gasteiger partial charge on any atom is -1.00 e. The summed E-state index contributed by atoms with van der Waals surface area (Å²) in [6, 6.07) is 34.2. The van der Waals surface area contributed by atoms with Crippen molar-refractivity contribution in [3.05, 3.63) is 119 Å². The molecule has 176 valence electrons. The Morgan fingerprint density at radius 2 is 1.28 bits per heavy atom. The van der Waals surface area contributed by atoms with Gasteiger partial charge >= 0.3 is 210 Å². The third-order valence-corrected chi connectivity index (χ3v) is 15.7. The zero-order chi connectivity index (χ0) is 22.8. The van der Waals surface area contributed by atoms with Crippen LogP contribution in [-0.2, 0) is 27.7 Å². The molecule has 7 rings (SSSR count). The average molecular weight is 585 g/mol. The Bertz CT molecular complexity index is 1710. The molecule has 0 amide bonds. The van der Waals surface area contributed by atoms with Gasteiger partial charge in [0.2, 0.25) is 0 Å². The van der Waals surface area contributed by atoms with E-state index in [1.54, 1.807) is 17.6 Å². The van der Waals surface area contributed by atoms with Gasteiger partial charge in [-0.1, -0.05) is 0 Å². The molecule has 0 heterocycles. The maximum absolute atomic E-state index is 2.56. The second-order valence-corrected chi connectivity index (χ2v) is 17.2. The van der Waals surface area contributed by atoms with Crippen LogP contribution in [0.4, 0.5) is 0 Å². The van der Waals surface area contributed by atoms with E-state index in [-0.39, 0.29) is 24.8 Å². The van der Waals surface area contributed by atoms with Crippen LogP contribution in [-0.4, -0.2) is 3.21 Å². The molecule has 0 fully saturated rings.